The van der Waals surface area contributed by atoms with Gasteiger partial charge in [-0.25, -0.2) is 19.7 Å². The molecule has 10 heteroatoms. The van der Waals surface area contributed by atoms with Crippen LogP contribution in [0.15, 0.2) is 36.7 Å². The molecule has 0 unspecified atom stereocenters. The zero-order valence-electron chi connectivity index (χ0n) is 21.0. The van der Waals surface area contributed by atoms with Crippen molar-refractivity contribution < 1.29 is 14.3 Å². The lowest BCUT2D eigenvalue weighted by Gasteiger charge is -2.35. The molecule has 1 amide bonds. The van der Waals surface area contributed by atoms with Crippen molar-refractivity contribution in [1.29, 1.82) is 0 Å². The first-order valence-electron chi connectivity index (χ1n) is 12.0. The number of aromatic nitrogens is 3. The van der Waals surface area contributed by atoms with Crippen LogP contribution in [0.4, 0.5) is 33.5 Å². The summed E-state index contributed by atoms with van der Waals surface area (Å²) >= 11 is 0. The Morgan fingerprint density at radius 3 is 2.67 bits per heavy atom. The maximum atomic E-state index is 13.0. The average Bonchev–Trinajstić information content (AvgIpc) is 2.84. The summed E-state index contributed by atoms with van der Waals surface area (Å²) in [6.07, 6.45) is 4.10. The molecule has 0 radical (unpaired) electrons. The highest BCUT2D eigenvalue weighted by atomic mass is 16.6. The fourth-order valence-corrected chi connectivity index (χ4v) is 4.41. The highest BCUT2D eigenvalue weighted by Crippen LogP contribution is 2.39. The van der Waals surface area contributed by atoms with Crippen LogP contribution in [0.5, 0.6) is 5.88 Å². The third kappa shape index (κ3) is 4.84. The molecule has 3 N–H and O–H groups in total. The predicted molar refractivity (Wildman–Crippen MR) is 139 cm³/mol. The maximum Gasteiger partial charge on any atom is 0.415 e. The molecule has 2 aromatic heterocycles. The summed E-state index contributed by atoms with van der Waals surface area (Å²) in [4.78, 5) is 30.6. The van der Waals surface area contributed by atoms with Crippen LogP contribution in [0, 0.1) is 6.92 Å². The molecule has 2 aliphatic rings. The van der Waals surface area contributed by atoms with Gasteiger partial charge in [-0.2, -0.15) is 0 Å². The Hall–Kier alpha value is -4.08. The van der Waals surface area contributed by atoms with E-state index in [-0.39, 0.29) is 0 Å². The van der Waals surface area contributed by atoms with Crippen molar-refractivity contribution in [2.45, 2.75) is 46.3 Å². The zero-order valence-corrected chi connectivity index (χ0v) is 21.0. The van der Waals surface area contributed by atoms with E-state index in [0.29, 0.717) is 42.9 Å². The van der Waals surface area contributed by atoms with Gasteiger partial charge in [0.15, 0.2) is 0 Å². The number of nitrogens with one attached hydrogen (secondary N) is 1. The lowest BCUT2D eigenvalue weighted by atomic mass is 10.0. The van der Waals surface area contributed by atoms with Crippen molar-refractivity contribution in [2.75, 3.05) is 40.5 Å². The van der Waals surface area contributed by atoms with Crippen LogP contribution in [0.2, 0.25) is 0 Å². The fourth-order valence-electron chi connectivity index (χ4n) is 4.41. The van der Waals surface area contributed by atoms with E-state index >= 15 is 0 Å². The Morgan fingerprint density at radius 1 is 1.14 bits per heavy atom. The Kier molecular flexibility index (Phi) is 6.03. The van der Waals surface area contributed by atoms with E-state index in [2.05, 4.69) is 20.2 Å². The minimum atomic E-state index is -0.594. The molecule has 0 aliphatic carbocycles. The van der Waals surface area contributed by atoms with E-state index in [1.54, 1.807) is 4.90 Å². The van der Waals surface area contributed by atoms with Crippen LogP contribution in [-0.4, -0.2) is 46.3 Å². The van der Waals surface area contributed by atoms with E-state index < -0.39 is 11.7 Å². The average molecular weight is 490 g/mol. The quantitative estimate of drug-likeness (QED) is 0.522. The molecule has 36 heavy (non-hydrogen) atoms. The number of fused-ring (bicyclic) bond motifs is 2. The van der Waals surface area contributed by atoms with Crippen LogP contribution in [-0.2, 0) is 17.7 Å². The molecule has 1 aromatic carbocycles. The van der Waals surface area contributed by atoms with Gasteiger partial charge in [-0.3, -0.25) is 4.90 Å². The number of hydrogen-bond donors (Lipinski definition) is 2. The predicted octanol–water partition coefficient (Wildman–Crippen LogP) is 4.20. The Morgan fingerprint density at radius 2 is 1.92 bits per heavy atom. The summed E-state index contributed by atoms with van der Waals surface area (Å²) < 4.78 is 11.4. The maximum absolute atomic E-state index is 13.0. The molecular weight excluding hydrogens is 458 g/mol. The van der Waals surface area contributed by atoms with Crippen molar-refractivity contribution in [2.24, 2.45) is 0 Å². The van der Waals surface area contributed by atoms with Crippen molar-refractivity contribution in [3.05, 3.63) is 53.5 Å². The lowest BCUT2D eigenvalue weighted by molar-refractivity contribution is 0.0566. The van der Waals surface area contributed by atoms with Gasteiger partial charge in [-0.1, -0.05) is 0 Å². The van der Waals surface area contributed by atoms with Gasteiger partial charge >= 0.3 is 6.09 Å². The van der Waals surface area contributed by atoms with Crippen molar-refractivity contribution in [3.63, 3.8) is 0 Å². The van der Waals surface area contributed by atoms with E-state index in [4.69, 9.17) is 20.2 Å². The Labute approximate surface area is 210 Å². The largest absolute Gasteiger partial charge is 0.474 e. The topological polar surface area (TPSA) is 119 Å². The molecule has 0 bridgehead atoms. The minimum absolute atomic E-state index is 0.371. The minimum Gasteiger partial charge on any atom is -0.474 e. The molecule has 188 valence electrons. The number of rotatable bonds is 3. The van der Waals surface area contributed by atoms with Crippen LogP contribution >= 0.6 is 0 Å². The van der Waals surface area contributed by atoms with E-state index in [9.17, 15) is 4.79 Å². The lowest BCUT2D eigenvalue weighted by Crippen LogP contribution is -2.42. The van der Waals surface area contributed by atoms with Crippen molar-refractivity contribution >= 4 is 34.8 Å². The second-order valence-electron chi connectivity index (χ2n) is 9.99. The number of nitrogen functional groups attached to an aromatic ring is 1. The summed E-state index contributed by atoms with van der Waals surface area (Å²) in [5.74, 6) is 0.980. The number of pyridine rings is 1. The van der Waals surface area contributed by atoms with Crippen LogP contribution in [0.25, 0.3) is 0 Å². The molecule has 10 nitrogen and oxygen atoms in total. The summed E-state index contributed by atoms with van der Waals surface area (Å²) in [5, 5.41) is 3.24. The van der Waals surface area contributed by atoms with Crippen molar-refractivity contribution in [1.82, 2.24) is 15.0 Å². The molecule has 4 heterocycles. The Bertz CT molecular complexity index is 1290. The van der Waals surface area contributed by atoms with Gasteiger partial charge in [0.05, 0.1) is 30.7 Å². The number of benzene rings is 1. The second kappa shape index (κ2) is 9.18. The van der Waals surface area contributed by atoms with Gasteiger partial charge in [0, 0.05) is 29.7 Å². The van der Waals surface area contributed by atoms with E-state index in [1.807, 2.05) is 64.4 Å². The fraction of sp³-hybridized carbons (Fsp3) is 0.385. The highest BCUT2D eigenvalue weighted by molar-refractivity contribution is 5.92. The molecule has 0 saturated carbocycles. The summed E-state index contributed by atoms with van der Waals surface area (Å²) in [6, 6.07) is 7.45. The smallest absolute Gasteiger partial charge is 0.415 e. The van der Waals surface area contributed by atoms with Crippen molar-refractivity contribution in [3.8, 4) is 5.88 Å². The molecular formula is C26H31N7O3. The van der Waals surface area contributed by atoms with E-state index in [1.165, 1.54) is 0 Å². The number of nitrogens with zero attached hydrogens (tertiary/aromatic N) is 5. The van der Waals surface area contributed by atoms with Crippen LogP contribution < -0.4 is 25.6 Å². The van der Waals surface area contributed by atoms with Crippen LogP contribution in [0.3, 0.4) is 0 Å². The third-order valence-corrected chi connectivity index (χ3v) is 6.14. The molecule has 0 spiro atoms. The first-order chi connectivity index (χ1) is 17.2. The number of amides is 1. The third-order valence-electron chi connectivity index (χ3n) is 6.14. The first kappa shape index (κ1) is 23.7. The summed E-state index contributed by atoms with van der Waals surface area (Å²) in [6.45, 7) is 9.73. The van der Waals surface area contributed by atoms with Gasteiger partial charge in [-0.15, -0.1) is 0 Å². The molecule has 2 aliphatic heterocycles. The normalized spacial score (nSPS) is 15.0. The van der Waals surface area contributed by atoms with E-state index in [0.717, 1.165) is 41.2 Å². The number of carbonyl (C=O) groups excluding carboxylic acids is 1. The van der Waals surface area contributed by atoms with Gasteiger partial charge in [0.2, 0.25) is 11.8 Å². The second-order valence-corrected chi connectivity index (χ2v) is 9.99. The number of anilines is 5. The summed E-state index contributed by atoms with van der Waals surface area (Å²) in [5.41, 5.74) is 11.3. The van der Waals surface area contributed by atoms with Gasteiger partial charge in [0.25, 0.3) is 0 Å². The van der Waals surface area contributed by atoms with Gasteiger partial charge in [0.1, 0.15) is 17.9 Å². The zero-order chi connectivity index (χ0) is 25.4. The van der Waals surface area contributed by atoms with Crippen LogP contribution in [0.1, 0.15) is 37.6 Å². The Balaban J connectivity index is 1.40. The summed E-state index contributed by atoms with van der Waals surface area (Å²) in [7, 11) is 0. The first-order valence-corrected chi connectivity index (χ1v) is 12.0. The SMILES string of the molecule is Cc1c(N2CCc3cnc(Nc4ccc(N)cc4)nc3C2)cnc2c1N(C(=O)OC(C)(C)C)CCO2. The highest BCUT2D eigenvalue weighted by Gasteiger charge is 2.32. The molecule has 0 saturated heterocycles. The number of ether oxygens (including phenoxy) is 2. The molecule has 3 aromatic rings. The van der Waals surface area contributed by atoms with Gasteiger partial charge in [-0.05, 0) is 63.9 Å². The molecule has 0 atom stereocenters. The standard InChI is InChI=1S/C26H31N7O3/c1-16-21(14-28-23-22(16)33(11-12-35-23)25(34)36-26(2,3)4)32-10-9-17-13-29-24(31-20(17)15-32)30-19-7-5-18(27)6-8-19/h5-8,13-14H,9-12,15,27H2,1-4H3,(H,29,30,31). The molecule has 5 rings (SSSR count). The number of hydrogen-bond acceptors (Lipinski definition) is 9. The number of carbonyl (C=O) groups is 1. The molecule has 0 fully saturated rings. The monoisotopic (exact) mass is 489 g/mol. The van der Waals surface area contributed by atoms with Gasteiger partial charge < -0.3 is 25.4 Å². The number of nitrogens with two attached hydrogens (primary N) is 1.